The van der Waals surface area contributed by atoms with Gasteiger partial charge >= 0.3 is 0 Å². The summed E-state index contributed by atoms with van der Waals surface area (Å²) in [4.78, 5) is 0. The van der Waals surface area contributed by atoms with E-state index in [1.165, 1.54) is 37.5 Å². The van der Waals surface area contributed by atoms with Crippen LogP contribution in [0.15, 0.2) is 18.2 Å². The Labute approximate surface area is 94.9 Å². The summed E-state index contributed by atoms with van der Waals surface area (Å²) >= 11 is 0. The molecule has 1 nitrogen and oxygen atoms in total. The molecule has 0 bridgehead atoms. The fourth-order valence-electron chi connectivity index (χ4n) is 2.29. The summed E-state index contributed by atoms with van der Waals surface area (Å²) < 4.78 is 27.2. The maximum atomic E-state index is 13.6. The molecule has 0 spiro atoms. The van der Waals surface area contributed by atoms with Gasteiger partial charge in [-0.3, -0.25) is 0 Å². The highest BCUT2D eigenvalue weighted by Crippen LogP contribution is 2.35. The molecular formula is C13H17F2N. The van der Waals surface area contributed by atoms with Gasteiger partial charge in [-0.1, -0.05) is 25.3 Å². The Balaban J connectivity index is 2.17. The van der Waals surface area contributed by atoms with Gasteiger partial charge in [0.1, 0.15) is 11.6 Å². The molecule has 1 fully saturated rings. The van der Waals surface area contributed by atoms with Crippen LogP contribution in [0, 0.1) is 17.6 Å². The molecule has 1 N–H and O–H groups in total. The molecule has 0 radical (unpaired) electrons. The second-order valence-electron chi connectivity index (χ2n) is 4.51. The van der Waals surface area contributed by atoms with Crippen molar-refractivity contribution >= 4 is 0 Å². The van der Waals surface area contributed by atoms with Crippen LogP contribution in [0.4, 0.5) is 8.78 Å². The quantitative estimate of drug-likeness (QED) is 0.828. The van der Waals surface area contributed by atoms with Gasteiger partial charge < -0.3 is 5.32 Å². The first-order valence-electron chi connectivity index (χ1n) is 5.83. The van der Waals surface area contributed by atoms with E-state index in [4.69, 9.17) is 0 Å². The molecule has 0 amide bonds. The zero-order valence-corrected chi connectivity index (χ0v) is 9.47. The minimum atomic E-state index is -0.446. The summed E-state index contributed by atoms with van der Waals surface area (Å²) in [6.07, 6.45) is 4.46. The monoisotopic (exact) mass is 225 g/mol. The number of benzene rings is 1. The Morgan fingerprint density at radius 3 is 2.38 bits per heavy atom. The fraction of sp³-hybridized carbons (Fsp3) is 0.538. The summed E-state index contributed by atoms with van der Waals surface area (Å²) in [5, 5.41) is 3.02. The lowest BCUT2D eigenvalue weighted by atomic mass is 9.79. The molecule has 1 aliphatic rings. The summed E-state index contributed by atoms with van der Waals surface area (Å²) in [6.45, 7) is 0. The Bertz CT molecular complexity index is 341. The summed E-state index contributed by atoms with van der Waals surface area (Å²) in [6, 6.07) is 3.85. The first-order chi connectivity index (χ1) is 7.72. The molecule has 0 aliphatic heterocycles. The molecule has 2 rings (SSSR count). The number of hydrogen-bond donors (Lipinski definition) is 1. The average molecular weight is 225 g/mol. The van der Waals surface area contributed by atoms with Crippen molar-refractivity contribution in [2.45, 2.75) is 31.7 Å². The van der Waals surface area contributed by atoms with Gasteiger partial charge in [0.15, 0.2) is 0 Å². The molecule has 1 aromatic rings. The second kappa shape index (κ2) is 4.91. The molecule has 88 valence electrons. The van der Waals surface area contributed by atoms with Crippen LogP contribution in [0.3, 0.4) is 0 Å². The van der Waals surface area contributed by atoms with Gasteiger partial charge in [0.25, 0.3) is 0 Å². The molecule has 1 aromatic carbocycles. The standard InChI is InChI=1S/C13H17F2N/c1-16-12(8-9-4-2-5-9)13-10(14)6-3-7-11(13)15/h3,6-7,9,12,16H,2,4-5,8H2,1H3. The first-order valence-corrected chi connectivity index (χ1v) is 5.83. The molecule has 0 aromatic heterocycles. The van der Waals surface area contributed by atoms with E-state index < -0.39 is 11.6 Å². The third-order valence-electron chi connectivity index (χ3n) is 3.49. The maximum absolute atomic E-state index is 13.6. The van der Waals surface area contributed by atoms with Crippen molar-refractivity contribution in [1.82, 2.24) is 5.32 Å². The largest absolute Gasteiger partial charge is 0.313 e. The smallest absolute Gasteiger partial charge is 0.130 e. The average Bonchev–Trinajstić information content (AvgIpc) is 2.19. The third kappa shape index (κ3) is 2.24. The van der Waals surface area contributed by atoms with Gasteiger partial charge in [0.05, 0.1) is 0 Å². The van der Waals surface area contributed by atoms with E-state index in [-0.39, 0.29) is 11.6 Å². The second-order valence-corrected chi connectivity index (χ2v) is 4.51. The Morgan fingerprint density at radius 1 is 1.31 bits per heavy atom. The minimum absolute atomic E-state index is 0.192. The summed E-state index contributed by atoms with van der Waals surface area (Å²) in [5.41, 5.74) is 0.192. The number of nitrogens with one attached hydrogen (secondary N) is 1. The van der Waals surface area contributed by atoms with E-state index in [2.05, 4.69) is 5.32 Å². The normalized spacial score (nSPS) is 18.2. The first kappa shape index (κ1) is 11.5. The van der Waals surface area contributed by atoms with Crippen molar-refractivity contribution in [2.24, 2.45) is 5.92 Å². The predicted molar refractivity (Wildman–Crippen MR) is 60.1 cm³/mol. The lowest BCUT2D eigenvalue weighted by molar-refractivity contribution is 0.261. The highest BCUT2D eigenvalue weighted by Gasteiger charge is 2.25. The van der Waals surface area contributed by atoms with E-state index in [1.54, 1.807) is 7.05 Å². The molecule has 0 saturated heterocycles. The van der Waals surface area contributed by atoms with Gasteiger partial charge in [-0.2, -0.15) is 0 Å². The Kier molecular flexibility index (Phi) is 3.54. The van der Waals surface area contributed by atoms with E-state index in [0.29, 0.717) is 5.92 Å². The molecule has 1 saturated carbocycles. The van der Waals surface area contributed by atoms with Gasteiger partial charge in [0.2, 0.25) is 0 Å². The van der Waals surface area contributed by atoms with Crippen LogP contribution < -0.4 is 5.32 Å². The van der Waals surface area contributed by atoms with Crippen LogP contribution in [0.2, 0.25) is 0 Å². The Morgan fingerprint density at radius 2 is 1.94 bits per heavy atom. The predicted octanol–water partition coefficient (Wildman–Crippen LogP) is 3.42. The van der Waals surface area contributed by atoms with Crippen LogP contribution in [0.1, 0.15) is 37.3 Å². The van der Waals surface area contributed by atoms with E-state index in [9.17, 15) is 8.78 Å². The van der Waals surface area contributed by atoms with Gasteiger partial charge in [-0.25, -0.2) is 8.78 Å². The molecule has 3 heteroatoms. The van der Waals surface area contributed by atoms with Crippen LogP contribution in [0.25, 0.3) is 0 Å². The SMILES string of the molecule is CNC(CC1CCC1)c1c(F)cccc1F. The van der Waals surface area contributed by atoms with E-state index >= 15 is 0 Å². The van der Waals surface area contributed by atoms with Crippen LogP contribution in [0.5, 0.6) is 0 Å². The van der Waals surface area contributed by atoms with Gasteiger partial charge in [-0.15, -0.1) is 0 Å². The highest BCUT2D eigenvalue weighted by atomic mass is 19.1. The van der Waals surface area contributed by atoms with Crippen molar-refractivity contribution in [3.63, 3.8) is 0 Å². The number of rotatable bonds is 4. The van der Waals surface area contributed by atoms with Gasteiger partial charge in [0, 0.05) is 11.6 Å². The van der Waals surface area contributed by atoms with Crippen molar-refractivity contribution in [3.05, 3.63) is 35.4 Å². The van der Waals surface area contributed by atoms with Crippen molar-refractivity contribution < 1.29 is 8.78 Å². The molecule has 1 atom stereocenters. The van der Waals surface area contributed by atoms with Gasteiger partial charge in [-0.05, 0) is 31.5 Å². The zero-order valence-electron chi connectivity index (χ0n) is 9.47. The summed E-state index contributed by atoms with van der Waals surface area (Å²) in [5.74, 6) is -0.270. The van der Waals surface area contributed by atoms with Crippen LogP contribution in [-0.4, -0.2) is 7.05 Å². The highest BCUT2D eigenvalue weighted by molar-refractivity contribution is 5.23. The molecule has 0 heterocycles. The number of hydrogen-bond acceptors (Lipinski definition) is 1. The van der Waals surface area contributed by atoms with Crippen molar-refractivity contribution in [2.75, 3.05) is 7.05 Å². The van der Waals surface area contributed by atoms with E-state index in [1.807, 2.05) is 0 Å². The van der Waals surface area contributed by atoms with Crippen LogP contribution in [-0.2, 0) is 0 Å². The lowest BCUT2D eigenvalue weighted by Gasteiger charge is -2.30. The topological polar surface area (TPSA) is 12.0 Å². The molecule has 1 aliphatic carbocycles. The Hall–Kier alpha value is -0.960. The number of halogens is 2. The lowest BCUT2D eigenvalue weighted by Crippen LogP contribution is -2.24. The maximum Gasteiger partial charge on any atom is 0.130 e. The van der Waals surface area contributed by atoms with Crippen molar-refractivity contribution in [3.8, 4) is 0 Å². The van der Waals surface area contributed by atoms with Crippen LogP contribution >= 0.6 is 0 Å². The minimum Gasteiger partial charge on any atom is -0.313 e. The summed E-state index contributed by atoms with van der Waals surface area (Å²) in [7, 11) is 1.76. The van der Waals surface area contributed by atoms with Crippen molar-refractivity contribution in [1.29, 1.82) is 0 Å². The third-order valence-corrected chi connectivity index (χ3v) is 3.49. The molecular weight excluding hydrogens is 208 g/mol. The fourth-order valence-corrected chi connectivity index (χ4v) is 2.29. The molecule has 16 heavy (non-hydrogen) atoms. The zero-order chi connectivity index (χ0) is 11.5. The van der Waals surface area contributed by atoms with E-state index in [0.717, 1.165) is 6.42 Å². The molecule has 1 unspecified atom stereocenters.